The molecule has 0 aromatic heterocycles. The highest BCUT2D eigenvalue weighted by Crippen LogP contribution is 2.24. The third-order valence-electron chi connectivity index (χ3n) is 6.57. The third kappa shape index (κ3) is 7.22. The first kappa shape index (κ1) is 28.9. The fourth-order valence-electron chi connectivity index (χ4n) is 3.90. The average Bonchev–Trinajstić information content (AvgIpc) is 2.91. The predicted molar refractivity (Wildman–Crippen MR) is 151 cm³/mol. The molecule has 0 saturated carbocycles. The van der Waals surface area contributed by atoms with Crippen LogP contribution >= 0.6 is 0 Å². The van der Waals surface area contributed by atoms with E-state index < -0.39 is 28.5 Å². The second kappa shape index (κ2) is 12.7. The summed E-state index contributed by atoms with van der Waals surface area (Å²) in [6.45, 7) is 9.12. The van der Waals surface area contributed by atoms with Crippen molar-refractivity contribution >= 4 is 27.5 Å². The lowest BCUT2D eigenvalue weighted by atomic mass is 10.1. The molecule has 2 atom stereocenters. The highest BCUT2D eigenvalue weighted by atomic mass is 32.2. The molecule has 0 radical (unpaired) electrons. The molecule has 0 bridgehead atoms. The minimum Gasteiger partial charge on any atom is -0.352 e. The normalized spacial score (nSPS) is 12.9. The van der Waals surface area contributed by atoms with Crippen LogP contribution in [-0.4, -0.2) is 43.8 Å². The highest BCUT2D eigenvalue weighted by molar-refractivity contribution is 7.92. The molecular formula is C30H37N3O4S. The molecule has 0 aliphatic rings. The van der Waals surface area contributed by atoms with Gasteiger partial charge in [0.05, 0.1) is 10.6 Å². The van der Waals surface area contributed by atoms with Crippen LogP contribution in [0.25, 0.3) is 0 Å². The molecule has 3 rings (SSSR count). The Hall–Kier alpha value is -3.65. The Bertz CT molecular complexity index is 1320. The van der Waals surface area contributed by atoms with E-state index in [1.807, 2.05) is 52.0 Å². The van der Waals surface area contributed by atoms with Gasteiger partial charge in [-0.05, 0) is 63.9 Å². The van der Waals surface area contributed by atoms with Crippen molar-refractivity contribution < 1.29 is 18.0 Å². The zero-order valence-corrected chi connectivity index (χ0v) is 23.5. The molecule has 2 amide bonds. The maximum atomic E-state index is 13.9. The monoisotopic (exact) mass is 535 g/mol. The van der Waals surface area contributed by atoms with Crippen molar-refractivity contribution in [3.05, 3.63) is 95.6 Å². The van der Waals surface area contributed by atoms with Gasteiger partial charge in [-0.2, -0.15) is 0 Å². The fraction of sp³-hybridized carbons (Fsp3) is 0.333. The van der Waals surface area contributed by atoms with Gasteiger partial charge in [-0.1, -0.05) is 72.6 Å². The van der Waals surface area contributed by atoms with E-state index in [0.29, 0.717) is 5.69 Å². The number of hydrogen-bond acceptors (Lipinski definition) is 4. The van der Waals surface area contributed by atoms with E-state index >= 15 is 0 Å². The Morgan fingerprint density at radius 2 is 1.39 bits per heavy atom. The van der Waals surface area contributed by atoms with Gasteiger partial charge in [-0.25, -0.2) is 8.42 Å². The maximum absolute atomic E-state index is 13.9. The van der Waals surface area contributed by atoms with Crippen LogP contribution in [0.15, 0.2) is 83.8 Å². The number of carbonyl (C=O) groups is 2. The van der Waals surface area contributed by atoms with Crippen molar-refractivity contribution in [1.82, 2.24) is 10.2 Å². The van der Waals surface area contributed by atoms with Gasteiger partial charge in [0.15, 0.2) is 0 Å². The van der Waals surface area contributed by atoms with Crippen LogP contribution in [-0.2, 0) is 26.2 Å². The molecule has 0 heterocycles. The minimum atomic E-state index is -4.06. The van der Waals surface area contributed by atoms with E-state index in [4.69, 9.17) is 0 Å². The van der Waals surface area contributed by atoms with Crippen molar-refractivity contribution in [2.75, 3.05) is 10.8 Å². The summed E-state index contributed by atoms with van der Waals surface area (Å²) < 4.78 is 28.6. The molecule has 8 heteroatoms. The van der Waals surface area contributed by atoms with Gasteiger partial charge in [0.25, 0.3) is 10.0 Å². The largest absolute Gasteiger partial charge is 0.352 e. The molecule has 3 aromatic carbocycles. The van der Waals surface area contributed by atoms with Crippen molar-refractivity contribution in [3.8, 4) is 0 Å². The molecule has 202 valence electrons. The van der Waals surface area contributed by atoms with E-state index in [2.05, 4.69) is 5.32 Å². The van der Waals surface area contributed by atoms with Gasteiger partial charge < -0.3 is 10.2 Å². The van der Waals surface area contributed by atoms with Crippen LogP contribution in [0.5, 0.6) is 0 Å². The molecule has 7 nitrogen and oxygen atoms in total. The molecule has 1 N–H and O–H groups in total. The quantitative estimate of drug-likeness (QED) is 0.381. The Labute approximate surface area is 226 Å². The van der Waals surface area contributed by atoms with E-state index in [1.54, 1.807) is 49.4 Å². The lowest BCUT2D eigenvalue weighted by molar-refractivity contribution is -0.139. The Balaban J connectivity index is 1.99. The third-order valence-corrected chi connectivity index (χ3v) is 8.36. The van der Waals surface area contributed by atoms with Gasteiger partial charge in [0.1, 0.15) is 12.6 Å². The van der Waals surface area contributed by atoms with Crippen LogP contribution in [0.1, 0.15) is 43.9 Å². The number of hydrogen-bond donors (Lipinski definition) is 1. The van der Waals surface area contributed by atoms with E-state index in [1.165, 1.54) is 17.0 Å². The Morgan fingerprint density at radius 1 is 0.842 bits per heavy atom. The van der Waals surface area contributed by atoms with Crippen LogP contribution in [0.2, 0.25) is 0 Å². The van der Waals surface area contributed by atoms with E-state index in [0.717, 1.165) is 27.4 Å². The first-order chi connectivity index (χ1) is 18.0. The van der Waals surface area contributed by atoms with Gasteiger partial charge in [0, 0.05) is 12.6 Å². The van der Waals surface area contributed by atoms with Crippen molar-refractivity contribution in [2.45, 2.75) is 64.6 Å². The molecule has 0 unspecified atom stereocenters. The maximum Gasteiger partial charge on any atom is 0.264 e. The number of para-hydroxylation sites is 1. The molecule has 0 aliphatic heterocycles. The zero-order chi connectivity index (χ0) is 27.9. The van der Waals surface area contributed by atoms with E-state index in [9.17, 15) is 18.0 Å². The predicted octanol–water partition coefficient (Wildman–Crippen LogP) is 4.83. The molecule has 3 aromatic rings. The summed E-state index contributed by atoms with van der Waals surface area (Å²) >= 11 is 0. The summed E-state index contributed by atoms with van der Waals surface area (Å²) in [6.07, 6.45) is 0.751. The van der Waals surface area contributed by atoms with Crippen LogP contribution in [0.3, 0.4) is 0 Å². The fourth-order valence-corrected chi connectivity index (χ4v) is 5.31. The topological polar surface area (TPSA) is 86.8 Å². The molecule has 0 spiro atoms. The Morgan fingerprint density at radius 3 is 1.95 bits per heavy atom. The number of sulfonamides is 1. The SMILES string of the molecule is CC[C@@H](C)NC(=O)[C@H](C)N(Cc1ccc(C)cc1)C(=O)CN(c1ccccc1)S(=O)(=O)c1ccc(C)cc1. The number of anilines is 1. The number of carbonyl (C=O) groups excluding carboxylic acids is 2. The second-order valence-corrected chi connectivity index (χ2v) is 11.5. The van der Waals surface area contributed by atoms with Crippen molar-refractivity contribution in [1.29, 1.82) is 0 Å². The Kier molecular flexibility index (Phi) is 9.69. The standard InChI is InChI=1S/C30H37N3O4S/c1-6-24(4)31-30(35)25(5)32(20-26-16-12-22(2)13-17-26)29(34)21-33(27-10-8-7-9-11-27)38(36,37)28-18-14-23(3)15-19-28/h7-19,24-25H,6,20-21H2,1-5H3,(H,31,35)/t24-,25+/m1/s1. The van der Waals surface area contributed by atoms with Crippen molar-refractivity contribution in [2.24, 2.45) is 0 Å². The number of amides is 2. The highest BCUT2D eigenvalue weighted by Gasteiger charge is 2.32. The van der Waals surface area contributed by atoms with E-state index in [-0.39, 0.29) is 23.4 Å². The number of aryl methyl sites for hydroxylation is 2. The summed E-state index contributed by atoms with van der Waals surface area (Å²) in [7, 11) is -4.06. The zero-order valence-electron chi connectivity index (χ0n) is 22.7. The lowest BCUT2D eigenvalue weighted by Crippen LogP contribution is -2.52. The molecular weight excluding hydrogens is 498 g/mol. The van der Waals surface area contributed by atoms with Gasteiger partial charge in [0.2, 0.25) is 11.8 Å². The number of nitrogens with one attached hydrogen (secondary N) is 1. The van der Waals surface area contributed by atoms with Crippen LogP contribution in [0, 0.1) is 13.8 Å². The summed E-state index contributed by atoms with van der Waals surface area (Å²) in [5, 5.41) is 2.94. The van der Waals surface area contributed by atoms with Crippen LogP contribution < -0.4 is 9.62 Å². The summed E-state index contributed by atoms with van der Waals surface area (Å²) in [5.74, 6) is -0.760. The number of nitrogens with zero attached hydrogens (tertiary/aromatic N) is 2. The van der Waals surface area contributed by atoms with Gasteiger partial charge >= 0.3 is 0 Å². The molecule has 38 heavy (non-hydrogen) atoms. The molecule has 0 fully saturated rings. The smallest absolute Gasteiger partial charge is 0.264 e. The van der Waals surface area contributed by atoms with Crippen molar-refractivity contribution in [3.63, 3.8) is 0 Å². The minimum absolute atomic E-state index is 0.0518. The van der Waals surface area contributed by atoms with Gasteiger partial charge in [-0.3, -0.25) is 13.9 Å². The van der Waals surface area contributed by atoms with Gasteiger partial charge in [-0.15, -0.1) is 0 Å². The lowest BCUT2D eigenvalue weighted by Gasteiger charge is -2.32. The average molecular weight is 536 g/mol. The molecule has 0 aliphatic carbocycles. The summed E-state index contributed by atoms with van der Waals surface area (Å²) in [6, 6.07) is 21.9. The number of rotatable bonds is 11. The summed E-state index contributed by atoms with van der Waals surface area (Å²) in [4.78, 5) is 28.5. The molecule has 0 saturated heterocycles. The first-order valence-electron chi connectivity index (χ1n) is 12.8. The second-order valence-electron chi connectivity index (χ2n) is 9.66. The van der Waals surface area contributed by atoms with Crippen LogP contribution in [0.4, 0.5) is 5.69 Å². The first-order valence-corrected chi connectivity index (χ1v) is 14.3. The summed E-state index contributed by atoms with van der Waals surface area (Å²) in [5.41, 5.74) is 3.22. The number of benzene rings is 3.